The summed E-state index contributed by atoms with van der Waals surface area (Å²) in [6.45, 7) is 2.37. The molecule has 0 bridgehead atoms. The van der Waals surface area contributed by atoms with Gasteiger partial charge in [-0.05, 0) is 25.5 Å². The maximum atomic E-state index is 11.7. The summed E-state index contributed by atoms with van der Waals surface area (Å²) in [5.41, 5.74) is 7.47. The molecule has 2 heterocycles. The van der Waals surface area contributed by atoms with Crippen LogP contribution in [0.15, 0.2) is 24.3 Å². The molecule has 1 aliphatic heterocycles. The molecule has 0 fully saturated rings. The van der Waals surface area contributed by atoms with Gasteiger partial charge in [0.2, 0.25) is 0 Å². The van der Waals surface area contributed by atoms with Gasteiger partial charge in [-0.3, -0.25) is 4.79 Å². The summed E-state index contributed by atoms with van der Waals surface area (Å²) in [6.07, 6.45) is 0.0944. The maximum Gasteiger partial charge on any atom is 0.271 e. The van der Waals surface area contributed by atoms with Crippen LogP contribution in [0.25, 0.3) is 0 Å². The molecule has 8 nitrogen and oxygen atoms in total. The fraction of sp³-hybridized carbons (Fsp3) is 0.250. The molecule has 24 heavy (non-hydrogen) atoms. The molecule has 4 N–H and O–H groups in total. The summed E-state index contributed by atoms with van der Waals surface area (Å²) in [7, 11) is 0. The van der Waals surface area contributed by atoms with Crippen molar-refractivity contribution in [2.24, 2.45) is 5.73 Å². The van der Waals surface area contributed by atoms with Gasteiger partial charge in [-0.2, -0.15) is 5.26 Å². The zero-order chi connectivity index (χ0) is 17.1. The topological polar surface area (TPSA) is 126 Å². The van der Waals surface area contributed by atoms with Gasteiger partial charge in [0.15, 0.2) is 17.6 Å². The van der Waals surface area contributed by atoms with Gasteiger partial charge in [-0.15, -0.1) is 10.2 Å². The lowest BCUT2D eigenvalue weighted by molar-refractivity contribution is 0.0995. The first-order valence-electron chi connectivity index (χ1n) is 7.45. The minimum absolute atomic E-state index is 0.0700. The summed E-state index contributed by atoms with van der Waals surface area (Å²) in [4.78, 5) is 11.7. The fourth-order valence-electron chi connectivity index (χ4n) is 2.49. The van der Waals surface area contributed by atoms with E-state index < -0.39 is 12.0 Å². The number of nitrogens with one attached hydrogen (secondary N) is 2. The molecule has 8 heteroatoms. The molecule has 1 aromatic heterocycles. The van der Waals surface area contributed by atoms with Crippen molar-refractivity contribution in [1.29, 1.82) is 5.26 Å². The van der Waals surface area contributed by atoms with E-state index in [-0.39, 0.29) is 5.69 Å². The number of anilines is 3. The Morgan fingerprint density at radius 3 is 3.00 bits per heavy atom. The third-order valence-corrected chi connectivity index (χ3v) is 3.61. The van der Waals surface area contributed by atoms with Gasteiger partial charge in [0.25, 0.3) is 5.91 Å². The first kappa shape index (κ1) is 15.6. The van der Waals surface area contributed by atoms with E-state index in [0.29, 0.717) is 35.9 Å². The zero-order valence-electron chi connectivity index (χ0n) is 13.0. The van der Waals surface area contributed by atoms with Crippen LogP contribution < -0.4 is 21.1 Å². The van der Waals surface area contributed by atoms with Gasteiger partial charge in [0, 0.05) is 12.1 Å². The predicted molar refractivity (Wildman–Crippen MR) is 88.2 cm³/mol. The quantitative estimate of drug-likeness (QED) is 0.762. The van der Waals surface area contributed by atoms with Crippen LogP contribution in [-0.2, 0) is 6.42 Å². The number of primary amides is 1. The van der Waals surface area contributed by atoms with Gasteiger partial charge < -0.3 is 21.1 Å². The molecular weight excluding hydrogens is 308 g/mol. The molecule has 1 unspecified atom stereocenters. The smallest absolute Gasteiger partial charge is 0.271 e. The van der Waals surface area contributed by atoms with Crippen LogP contribution in [0.3, 0.4) is 0 Å². The fourth-order valence-corrected chi connectivity index (χ4v) is 2.49. The number of hydrogen-bond acceptors (Lipinski definition) is 7. The Labute approximate surface area is 138 Å². The summed E-state index contributed by atoms with van der Waals surface area (Å²) in [6, 6.07) is 9.18. The summed E-state index contributed by atoms with van der Waals surface area (Å²) >= 11 is 0. The van der Waals surface area contributed by atoms with Crippen LogP contribution in [0.5, 0.6) is 5.75 Å². The Morgan fingerprint density at radius 2 is 2.25 bits per heavy atom. The molecule has 1 aromatic carbocycles. The van der Waals surface area contributed by atoms with Gasteiger partial charge in [0.1, 0.15) is 11.8 Å². The molecular formula is C16H16N6O2. The molecule has 0 saturated heterocycles. The van der Waals surface area contributed by atoms with Crippen molar-refractivity contribution in [3.63, 3.8) is 0 Å². The lowest BCUT2D eigenvalue weighted by Crippen LogP contribution is -2.18. The largest absolute Gasteiger partial charge is 0.474 e. The number of carbonyl (C=O) groups is 1. The van der Waals surface area contributed by atoms with Crippen LogP contribution in [0.4, 0.5) is 17.2 Å². The van der Waals surface area contributed by atoms with Crippen molar-refractivity contribution < 1.29 is 9.53 Å². The van der Waals surface area contributed by atoms with Crippen LogP contribution >= 0.6 is 0 Å². The zero-order valence-corrected chi connectivity index (χ0v) is 13.0. The first-order valence-corrected chi connectivity index (χ1v) is 7.45. The van der Waals surface area contributed by atoms with E-state index in [1.54, 1.807) is 25.1 Å². The number of rotatable bonds is 5. The van der Waals surface area contributed by atoms with Crippen LogP contribution in [0, 0.1) is 11.3 Å². The summed E-state index contributed by atoms with van der Waals surface area (Å²) in [5, 5.41) is 23.1. The molecule has 1 aliphatic rings. The number of amides is 1. The Balaban J connectivity index is 2.02. The number of fused-ring (bicyclic) bond motifs is 1. The molecule has 0 saturated carbocycles. The van der Waals surface area contributed by atoms with Gasteiger partial charge >= 0.3 is 0 Å². The minimum Gasteiger partial charge on any atom is -0.474 e. The predicted octanol–water partition coefficient (Wildman–Crippen LogP) is 1.58. The van der Waals surface area contributed by atoms with E-state index in [4.69, 9.17) is 15.7 Å². The highest BCUT2D eigenvalue weighted by Gasteiger charge is 2.24. The SMILES string of the molecule is CC(C#N)Oc1ccccc1Nc1c(C(N)=O)nnc2c1CCN2. The minimum atomic E-state index is -0.663. The average molecular weight is 324 g/mol. The van der Waals surface area contributed by atoms with Crippen LogP contribution in [-0.4, -0.2) is 28.8 Å². The maximum absolute atomic E-state index is 11.7. The van der Waals surface area contributed by atoms with E-state index in [0.717, 1.165) is 5.56 Å². The summed E-state index contributed by atoms with van der Waals surface area (Å²) in [5.74, 6) is 0.466. The molecule has 1 atom stereocenters. The Hall–Kier alpha value is -3.34. The van der Waals surface area contributed by atoms with Crippen molar-refractivity contribution in [2.75, 3.05) is 17.2 Å². The highest BCUT2D eigenvalue weighted by Crippen LogP contribution is 2.34. The molecule has 0 aliphatic carbocycles. The van der Waals surface area contributed by atoms with Crippen LogP contribution in [0.2, 0.25) is 0 Å². The van der Waals surface area contributed by atoms with E-state index >= 15 is 0 Å². The molecule has 2 aromatic rings. The van der Waals surface area contributed by atoms with Crippen molar-refractivity contribution in [3.05, 3.63) is 35.5 Å². The molecule has 0 spiro atoms. The van der Waals surface area contributed by atoms with Gasteiger partial charge in [-0.1, -0.05) is 12.1 Å². The highest BCUT2D eigenvalue weighted by atomic mass is 16.5. The third-order valence-electron chi connectivity index (χ3n) is 3.61. The number of carbonyl (C=O) groups excluding carboxylic acids is 1. The number of para-hydroxylation sites is 2. The number of benzene rings is 1. The Morgan fingerprint density at radius 1 is 1.46 bits per heavy atom. The van der Waals surface area contributed by atoms with E-state index in [1.807, 2.05) is 12.1 Å². The van der Waals surface area contributed by atoms with Crippen molar-refractivity contribution in [3.8, 4) is 11.8 Å². The average Bonchev–Trinajstić information content (AvgIpc) is 3.05. The standard InChI is InChI=1S/C16H16N6O2/c1-9(8-17)24-12-5-3-2-4-11(12)20-13-10-6-7-19-16(10)22-21-14(13)15(18)23/h2-5,9H,6-7H2,1H3,(H2,18,23)(H2,19,20,22). The highest BCUT2D eigenvalue weighted by molar-refractivity contribution is 5.99. The van der Waals surface area contributed by atoms with E-state index in [9.17, 15) is 4.79 Å². The van der Waals surface area contributed by atoms with Crippen molar-refractivity contribution in [2.45, 2.75) is 19.4 Å². The second kappa shape index (κ2) is 6.42. The number of hydrogen-bond donors (Lipinski definition) is 3. The molecule has 3 rings (SSSR count). The lowest BCUT2D eigenvalue weighted by Gasteiger charge is -2.17. The Bertz CT molecular complexity index is 830. The normalized spacial score (nSPS) is 13.3. The number of nitrogens with zero attached hydrogens (tertiary/aromatic N) is 3. The van der Waals surface area contributed by atoms with Crippen LogP contribution in [0.1, 0.15) is 23.0 Å². The van der Waals surface area contributed by atoms with Crippen molar-refractivity contribution >= 4 is 23.1 Å². The third kappa shape index (κ3) is 2.92. The second-order valence-electron chi connectivity index (χ2n) is 5.30. The number of nitriles is 1. The first-order chi connectivity index (χ1) is 11.6. The van der Waals surface area contributed by atoms with E-state index in [2.05, 4.69) is 20.8 Å². The lowest BCUT2D eigenvalue weighted by atomic mass is 10.1. The molecule has 0 radical (unpaired) electrons. The molecule has 122 valence electrons. The van der Waals surface area contributed by atoms with Crippen molar-refractivity contribution in [1.82, 2.24) is 10.2 Å². The van der Waals surface area contributed by atoms with Gasteiger partial charge in [-0.25, -0.2) is 0 Å². The monoisotopic (exact) mass is 324 g/mol. The molecule has 1 amide bonds. The number of nitrogens with two attached hydrogens (primary N) is 1. The van der Waals surface area contributed by atoms with Gasteiger partial charge in [0.05, 0.1) is 11.4 Å². The summed E-state index contributed by atoms with van der Waals surface area (Å²) < 4.78 is 5.60. The number of ether oxygens (including phenoxy) is 1. The second-order valence-corrected chi connectivity index (χ2v) is 5.30. The number of aromatic nitrogens is 2. The Kier molecular flexibility index (Phi) is 4.16. The van der Waals surface area contributed by atoms with E-state index in [1.165, 1.54) is 0 Å².